The molecular formula is C33H48O10. The summed E-state index contributed by atoms with van der Waals surface area (Å²) in [6, 6.07) is 0. The average Bonchev–Trinajstić information content (AvgIpc) is 3.24. The van der Waals surface area contributed by atoms with Gasteiger partial charge < -0.3 is 24.1 Å². The minimum Gasteiger partial charge on any atom is -0.459 e. The third-order valence-corrected chi connectivity index (χ3v) is 9.75. The first kappa shape index (κ1) is 34.5. The number of carbonyl (C=O) groups is 4. The zero-order chi connectivity index (χ0) is 32.3. The van der Waals surface area contributed by atoms with Crippen LogP contribution in [0.2, 0.25) is 0 Å². The van der Waals surface area contributed by atoms with Crippen molar-refractivity contribution in [3.05, 3.63) is 36.5 Å². The summed E-state index contributed by atoms with van der Waals surface area (Å²) in [5, 5.41) is 12.3. The maximum atomic E-state index is 13.0. The smallest absolute Gasteiger partial charge is 0.309 e. The molecule has 43 heavy (non-hydrogen) atoms. The third kappa shape index (κ3) is 6.60. The van der Waals surface area contributed by atoms with Crippen LogP contribution in [-0.4, -0.2) is 59.9 Å². The molecule has 0 aromatic heterocycles. The second kappa shape index (κ2) is 13.8. The Morgan fingerprint density at radius 2 is 1.77 bits per heavy atom. The maximum Gasteiger partial charge on any atom is 0.309 e. The Hall–Kier alpha value is -2.98. The summed E-state index contributed by atoms with van der Waals surface area (Å²) in [5.41, 5.74) is -1.07. The van der Waals surface area contributed by atoms with E-state index in [9.17, 15) is 24.3 Å². The molecule has 0 unspecified atom stereocenters. The lowest BCUT2D eigenvalue weighted by atomic mass is 9.44. The maximum absolute atomic E-state index is 13.0. The van der Waals surface area contributed by atoms with Gasteiger partial charge in [0.15, 0.2) is 0 Å². The predicted molar refractivity (Wildman–Crippen MR) is 157 cm³/mol. The fourth-order valence-electron chi connectivity index (χ4n) is 7.05. The number of aliphatic hydroxyl groups excluding tert-OH is 1. The lowest BCUT2D eigenvalue weighted by Crippen LogP contribution is -2.68. The monoisotopic (exact) mass is 604 g/mol. The van der Waals surface area contributed by atoms with E-state index in [1.54, 1.807) is 19.1 Å². The van der Waals surface area contributed by atoms with Crippen LogP contribution in [-0.2, 0) is 42.9 Å². The number of ether oxygens (including phenoxy) is 5. The van der Waals surface area contributed by atoms with Crippen LogP contribution in [0.15, 0.2) is 36.5 Å². The highest BCUT2D eigenvalue weighted by Crippen LogP contribution is 2.67. The highest BCUT2D eigenvalue weighted by molar-refractivity contribution is 5.72. The van der Waals surface area contributed by atoms with E-state index in [1.807, 2.05) is 27.7 Å². The second-order valence-corrected chi connectivity index (χ2v) is 12.5. The van der Waals surface area contributed by atoms with Gasteiger partial charge in [-0.1, -0.05) is 59.4 Å². The number of aliphatic hydroxyl groups is 1. The quantitative estimate of drug-likeness (QED) is 0.141. The Bertz CT molecular complexity index is 1140. The summed E-state index contributed by atoms with van der Waals surface area (Å²) in [6.07, 6.45) is 0.00749. The molecule has 0 aromatic carbocycles. The first-order valence-corrected chi connectivity index (χ1v) is 15.3. The van der Waals surface area contributed by atoms with Crippen LogP contribution in [0.3, 0.4) is 0 Å². The van der Waals surface area contributed by atoms with Crippen LogP contribution in [0, 0.1) is 28.6 Å². The summed E-state index contributed by atoms with van der Waals surface area (Å²) < 4.78 is 29.5. The summed E-state index contributed by atoms with van der Waals surface area (Å²) in [7, 11) is 0. The Balaban J connectivity index is 2.30. The van der Waals surface area contributed by atoms with Gasteiger partial charge in [-0.25, -0.2) is 0 Å². The minimum atomic E-state index is -1.49. The molecule has 1 saturated heterocycles. The van der Waals surface area contributed by atoms with Crippen LogP contribution < -0.4 is 0 Å². The Labute approximate surface area is 254 Å². The molecule has 0 aromatic rings. The molecule has 1 saturated carbocycles. The van der Waals surface area contributed by atoms with Crippen molar-refractivity contribution in [2.45, 2.75) is 118 Å². The lowest BCUT2D eigenvalue weighted by molar-refractivity contribution is -0.276. The number of hydrogen-bond acceptors (Lipinski definition) is 10. The van der Waals surface area contributed by atoms with E-state index >= 15 is 0 Å². The highest BCUT2D eigenvalue weighted by atomic mass is 16.8. The van der Waals surface area contributed by atoms with Gasteiger partial charge in [0.1, 0.15) is 18.3 Å². The van der Waals surface area contributed by atoms with Gasteiger partial charge >= 0.3 is 23.9 Å². The molecule has 2 aliphatic carbocycles. The number of rotatable bonds is 12. The van der Waals surface area contributed by atoms with E-state index in [0.29, 0.717) is 31.3 Å². The van der Waals surface area contributed by atoms with Gasteiger partial charge in [-0.15, -0.1) is 0 Å². The molecule has 1 aliphatic heterocycles. The van der Waals surface area contributed by atoms with Gasteiger partial charge in [-0.2, -0.15) is 0 Å². The zero-order valence-corrected chi connectivity index (χ0v) is 26.6. The largest absolute Gasteiger partial charge is 0.459 e. The van der Waals surface area contributed by atoms with E-state index in [2.05, 4.69) is 13.2 Å². The lowest BCUT2D eigenvalue weighted by Gasteiger charge is -2.62. The van der Waals surface area contributed by atoms with Crippen molar-refractivity contribution in [1.29, 1.82) is 0 Å². The zero-order valence-electron chi connectivity index (χ0n) is 26.6. The summed E-state index contributed by atoms with van der Waals surface area (Å²) >= 11 is 0. The summed E-state index contributed by atoms with van der Waals surface area (Å²) in [4.78, 5) is 50.6. The van der Waals surface area contributed by atoms with Crippen LogP contribution >= 0.6 is 0 Å². The van der Waals surface area contributed by atoms with E-state index < -0.39 is 71.5 Å². The summed E-state index contributed by atoms with van der Waals surface area (Å²) in [6.45, 7) is 19.9. The average molecular weight is 605 g/mol. The Morgan fingerprint density at radius 3 is 2.33 bits per heavy atom. The molecular weight excluding hydrogens is 556 g/mol. The van der Waals surface area contributed by atoms with Crippen molar-refractivity contribution < 1.29 is 48.0 Å². The van der Waals surface area contributed by atoms with Gasteiger partial charge in [0.2, 0.25) is 12.6 Å². The van der Waals surface area contributed by atoms with Crippen molar-refractivity contribution in [1.82, 2.24) is 0 Å². The minimum absolute atomic E-state index is 0.116. The van der Waals surface area contributed by atoms with Crippen molar-refractivity contribution in [2.75, 3.05) is 0 Å². The molecule has 1 spiro atoms. The Kier molecular flexibility index (Phi) is 11.0. The molecule has 10 atom stereocenters. The fourth-order valence-corrected chi connectivity index (χ4v) is 7.05. The van der Waals surface area contributed by atoms with Crippen LogP contribution in [0.1, 0.15) is 87.0 Å². The third-order valence-electron chi connectivity index (χ3n) is 9.75. The molecule has 240 valence electrons. The molecule has 1 heterocycles. The van der Waals surface area contributed by atoms with Gasteiger partial charge in [0.25, 0.3) is 0 Å². The Morgan fingerprint density at radius 1 is 1.12 bits per heavy atom. The van der Waals surface area contributed by atoms with E-state index in [0.717, 1.165) is 5.57 Å². The molecule has 2 fully saturated rings. The highest BCUT2D eigenvalue weighted by Gasteiger charge is 2.74. The molecule has 1 N–H and O–H groups in total. The van der Waals surface area contributed by atoms with Crippen molar-refractivity contribution in [2.24, 2.45) is 28.6 Å². The van der Waals surface area contributed by atoms with Gasteiger partial charge in [-0.05, 0) is 49.5 Å². The molecule has 0 bridgehead atoms. The first-order valence-electron chi connectivity index (χ1n) is 15.3. The summed E-state index contributed by atoms with van der Waals surface area (Å²) in [5.74, 6) is -3.45. The number of hydrogen-bond donors (Lipinski definition) is 1. The molecule has 10 nitrogen and oxygen atoms in total. The van der Waals surface area contributed by atoms with Gasteiger partial charge in [0, 0.05) is 31.8 Å². The molecule has 3 aliphatic rings. The molecule has 3 rings (SSSR count). The van der Waals surface area contributed by atoms with Gasteiger partial charge in [0.05, 0.1) is 11.3 Å². The number of esters is 4. The van der Waals surface area contributed by atoms with E-state index in [1.165, 1.54) is 13.8 Å². The first-order chi connectivity index (χ1) is 20.2. The van der Waals surface area contributed by atoms with Crippen LogP contribution in [0.4, 0.5) is 0 Å². The van der Waals surface area contributed by atoms with Gasteiger partial charge in [-0.3, -0.25) is 23.9 Å². The van der Waals surface area contributed by atoms with Crippen molar-refractivity contribution >= 4 is 23.9 Å². The van der Waals surface area contributed by atoms with E-state index in [-0.39, 0.29) is 24.7 Å². The predicted octanol–water partition coefficient (Wildman–Crippen LogP) is 4.94. The normalized spacial score (nSPS) is 35.3. The molecule has 10 heteroatoms. The van der Waals surface area contributed by atoms with Crippen LogP contribution in [0.25, 0.3) is 0 Å². The standard InChI is InChI=1S/C33H48O10/c1-10-13-26(36)42-30-24-16-23(41-29(38)19(5)12-3)17-25-32(9,15-14-18(4)11-2)20(6)27(39-21(7)34)28(37)33(24,25)31(43-30)40-22(8)35/h11,16,19-20,23,25,27-28,30-31,37H,2,4,10,12-15,17H2,1,3,5-9H3/t19-,20+,23-,25-,27-,28-,30-,31+,32+,33+/m1/s1. The molecule has 0 amide bonds. The van der Waals surface area contributed by atoms with Crippen molar-refractivity contribution in [3.63, 3.8) is 0 Å². The molecule has 0 radical (unpaired) electrons. The topological polar surface area (TPSA) is 135 Å². The fraction of sp³-hybridized carbons (Fsp3) is 0.697. The van der Waals surface area contributed by atoms with E-state index in [4.69, 9.17) is 23.7 Å². The van der Waals surface area contributed by atoms with Crippen molar-refractivity contribution in [3.8, 4) is 0 Å². The number of carbonyl (C=O) groups excluding carboxylic acids is 4. The number of allylic oxidation sites excluding steroid dienone is 2. The van der Waals surface area contributed by atoms with Crippen LogP contribution in [0.5, 0.6) is 0 Å². The SMILES string of the molecule is C=CC(=C)CC[C@]1(C)[C@H]2C[C@H](OC(=O)[C@H](C)CC)C=C3[C@H](OC(=O)CCC)O[C@H](OC(C)=O)[C@@]32[C@H](O)[C@H](OC(C)=O)[C@@H]1C. The second-order valence-electron chi connectivity index (χ2n) is 12.5.